The van der Waals surface area contributed by atoms with E-state index in [-0.39, 0.29) is 11.7 Å². The van der Waals surface area contributed by atoms with Gasteiger partial charge in [0.25, 0.3) is 0 Å². The number of aryl methyl sites for hydroxylation is 2. The highest BCUT2D eigenvalue weighted by Gasteiger charge is 2.18. The molecule has 1 aromatic carbocycles. The summed E-state index contributed by atoms with van der Waals surface area (Å²) >= 11 is 0. The van der Waals surface area contributed by atoms with Crippen molar-refractivity contribution in [2.75, 3.05) is 26.2 Å². The molecular formula is C16H22N2O2. The molecule has 0 aromatic heterocycles. The molecule has 4 heteroatoms. The molecule has 0 unspecified atom stereocenters. The number of piperazine rings is 1. The summed E-state index contributed by atoms with van der Waals surface area (Å²) in [6, 6.07) is 5.81. The Labute approximate surface area is 120 Å². The average Bonchev–Trinajstić information content (AvgIpc) is 2.45. The van der Waals surface area contributed by atoms with Crippen molar-refractivity contribution in [2.24, 2.45) is 0 Å². The van der Waals surface area contributed by atoms with E-state index < -0.39 is 0 Å². The number of rotatable bonds is 4. The van der Waals surface area contributed by atoms with E-state index in [9.17, 15) is 9.59 Å². The fraction of sp³-hybridized carbons (Fsp3) is 0.500. The van der Waals surface area contributed by atoms with Crippen LogP contribution >= 0.6 is 0 Å². The maximum Gasteiger partial charge on any atom is 0.223 e. The van der Waals surface area contributed by atoms with Crippen LogP contribution in [0, 0.1) is 13.8 Å². The molecule has 0 spiro atoms. The van der Waals surface area contributed by atoms with Gasteiger partial charge in [-0.15, -0.1) is 0 Å². The predicted molar refractivity (Wildman–Crippen MR) is 78.9 cm³/mol. The topological polar surface area (TPSA) is 49.4 Å². The maximum absolute atomic E-state index is 12.2. The van der Waals surface area contributed by atoms with Gasteiger partial charge in [0.2, 0.25) is 5.91 Å². The van der Waals surface area contributed by atoms with Crippen LogP contribution in [0.2, 0.25) is 0 Å². The lowest BCUT2D eigenvalue weighted by molar-refractivity contribution is -0.131. The molecule has 2 rings (SSSR count). The van der Waals surface area contributed by atoms with Gasteiger partial charge in [0, 0.05) is 44.6 Å². The van der Waals surface area contributed by atoms with Crippen LogP contribution in [0.5, 0.6) is 0 Å². The maximum atomic E-state index is 12.2. The molecular weight excluding hydrogens is 252 g/mol. The molecule has 20 heavy (non-hydrogen) atoms. The Morgan fingerprint density at radius 1 is 1.15 bits per heavy atom. The second kappa shape index (κ2) is 6.66. The third-order valence-electron chi connectivity index (χ3n) is 3.72. The van der Waals surface area contributed by atoms with E-state index in [1.807, 2.05) is 36.9 Å². The summed E-state index contributed by atoms with van der Waals surface area (Å²) in [4.78, 5) is 26.0. The number of Topliss-reactive ketones (excluding diaryl/α,β-unsaturated/α-hetero) is 1. The van der Waals surface area contributed by atoms with Gasteiger partial charge in [0.1, 0.15) is 0 Å². The number of carbonyl (C=O) groups excluding carboxylic acids is 2. The number of ketones is 1. The summed E-state index contributed by atoms with van der Waals surface area (Å²) in [5.74, 6) is 0.149. The van der Waals surface area contributed by atoms with Gasteiger partial charge in [-0.25, -0.2) is 0 Å². The first kappa shape index (κ1) is 14.7. The van der Waals surface area contributed by atoms with E-state index >= 15 is 0 Å². The molecule has 1 heterocycles. The number of amides is 1. The van der Waals surface area contributed by atoms with Gasteiger partial charge >= 0.3 is 0 Å². The molecule has 1 aliphatic rings. The number of hydrogen-bond donors (Lipinski definition) is 1. The molecule has 1 saturated heterocycles. The minimum absolute atomic E-state index is 0.0611. The van der Waals surface area contributed by atoms with E-state index in [1.165, 1.54) is 0 Å². The summed E-state index contributed by atoms with van der Waals surface area (Å²) in [6.45, 7) is 7.13. The Morgan fingerprint density at radius 2 is 1.85 bits per heavy atom. The minimum atomic E-state index is 0.0611. The van der Waals surface area contributed by atoms with Crippen molar-refractivity contribution in [3.8, 4) is 0 Å². The summed E-state index contributed by atoms with van der Waals surface area (Å²) in [6.07, 6.45) is 0.610. The van der Waals surface area contributed by atoms with Crippen molar-refractivity contribution in [3.05, 3.63) is 34.9 Å². The lowest BCUT2D eigenvalue weighted by Gasteiger charge is -2.27. The zero-order chi connectivity index (χ0) is 14.5. The third-order valence-corrected chi connectivity index (χ3v) is 3.72. The molecule has 1 amide bonds. The number of benzene rings is 1. The molecule has 0 aliphatic carbocycles. The Bertz CT molecular complexity index is 505. The van der Waals surface area contributed by atoms with Crippen molar-refractivity contribution in [1.82, 2.24) is 10.2 Å². The van der Waals surface area contributed by atoms with Crippen LogP contribution < -0.4 is 5.32 Å². The largest absolute Gasteiger partial charge is 0.340 e. The van der Waals surface area contributed by atoms with Gasteiger partial charge in [0.15, 0.2) is 5.78 Å². The molecule has 1 aromatic rings. The van der Waals surface area contributed by atoms with Gasteiger partial charge in [0.05, 0.1) is 0 Å². The fourth-order valence-corrected chi connectivity index (χ4v) is 2.55. The Kier molecular flexibility index (Phi) is 4.90. The second-order valence-corrected chi connectivity index (χ2v) is 5.37. The summed E-state index contributed by atoms with van der Waals surface area (Å²) in [5, 5.41) is 3.21. The molecule has 4 nitrogen and oxygen atoms in total. The van der Waals surface area contributed by atoms with Crippen LogP contribution in [0.25, 0.3) is 0 Å². The van der Waals surface area contributed by atoms with Gasteiger partial charge in [-0.1, -0.05) is 23.8 Å². The standard InChI is InChI=1S/C16H22N2O2/c1-12-3-4-14(13(2)11-12)15(19)5-6-16(20)18-9-7-17-8-10-18/h3-4,11,17H,5-10H2,1-2H3. The lowest BCUT2D eigenvalue weighted by Crippen LogP contribution is -2.46. The number of hydrogen-bond acceptors (Lipinski definition) is 3. The van der Waals surface area contributed by atoms with E-state index in [1.54, 1.807) is 0 Å². The van der Waals surface area contributed by atoms with Gasteiger partial charge in [-0.2, -0.15) is 0 Å². The highest BCUT2D eigenvalue weighted by Crippen LogP contribution is 2.14. The average molecular weight is 274 g/mol. The summed E-state index contributed by atoms with van der Waals surface area (Å²) in [7, 11) is 0. The minimum Gasteiger partial charge on any atom is -0.340 e. The van der Waals surface area contributed by atoms with Crippen molar-refractivity contribution in [2.45, 2.75) is 26.7 Å². The second-order valence-electron chi connectivity index (χ2n) is 5.37. The summed E-state index contributed by atoms with van der Waals surface area (Å²) < 4.78 is 0. The smallest absolute Gasteiger partial charge is 0.223 e. The van der Waals surface area contributed by atoms with Crippen molar-refractivity contribution in [3.63, 3.8) is 0 Å². The first-order valence-electron chi connectivity index (χ1n) is 7.17. The SMILES string of the molecule is Cc1ccc(C(=O)CCC(=O)N2CCNCC2)c(C)c1. The molecule has 0 saturated carbocycles. The zero-order valence-corrected chi connectivity index (χ0v) is 12.2. The molecule has 0 atom stereocenters. The van der Waals surface area contributed by atoms with Crippen molar-refractivity contribution >= 4 is 11.7 Å². The van der Waals surface area contributed by atoms with Gasteiger partial charge in [-0.3, -0.25) is 9.59 Å². The molecule has 108 valence electrons. The highest BCUT2D eigenvalue weighted by atomic mass is 16.2. The number of carbonyl (C=O) groups is 2. The fourth-order valence-electron chi connectivity index (χ4n) is 2.55. The molecule has 0 radical (unpaired) electrons. The van der Waals surface area contributed by atoms with E-state index in [0.29, 0.717) is 12.8 Å². The molecule has 0 bridgehead atoms. The van der Waals surface area contributed by atoms with Crippen LogP contribution in [0.15, 0.2) is 18.2 Å². The van der Waals surface area contributed by atoms with Crippen molar-refractivity contribution in [1.29, 1.82) is 0 Å². The van der Waals surface area contributed by atoms with E-state index in [0.717, 1.165) is 42.9 Å². The predicted octanol–water partition coefficient (Wildman–Crippen LogP) is 1.70. The lowest BCUT2D eigenvalue weighted by atomic mass is 9.99. The Balaban J connectivity index is 1.89. The molecule has 1 fully saturated rings. The highest BCUT2D eigenvalue weighted by molar-refractivity contribution is 5.99. The van der Waals surface area contributed by atoms with Crippen LogP contribution in [-0.2, 0) is 4.79 Å². The zero-order valence-electron chi connectivity index (χ0n) is 12.2. The van der Waals surface area contributed by atoms with E-state index in [4.69, 9.17) is 0 Å². The van der Waals surface area contributed by atoms with Gasteiger partial charge < -0.3 is 10.2 Å². The number of nitrogens with zero attached hydrogens (tertiary/aromatic N) is 1. The van der Waals surface area contributed by atoms with Crippen LogP contribution in [0.1, 0.15) is 34.3 Å². The van der Waals surface area contributed by atoms with Gasteiger partial charge in [-0.05, 0) is 19.4 Å². The normalized spacial score (nSPS) is 15.2. The first-order valence-corrected chi connectivity index (χ1v) is 7.17. The monoisotopic (exact) mass is 274 g/mol. The Morgan fingerprint density at radius 3 is 2.50 bits per heavy atom. The summed E-state index contributed by atoms with van der Waals surface area (Å²) in [5.41, 5.74) is 2.88. The van der Waals surface area contributed by atoms with Crippen LogP contribution in [0.4, 0.5) is 0 Å². The first-order chi connectivity index (χ1) is 9.58. The van der Waals surface area contributed by atoms with Crippen LogP contribution in [0.3, 0.4) is 0 Å². The van der Waals surface area contributed by atoms with E-state index in [2.05, 4.69) is 5.32 Å². The van der Waals surface area contributed by atoms with Crippen molar-refractivity contribution < 1.29 is 9.59 Å². The molecule has 1 aliphatic heterocycles. The quantitative estimate of drug-likeness (QED) is 0.850. The number of nitrogens with one attached hydrogen (secondary N) is 1. The molecule has 1 N–H and O–H groups in total. The van der Waals surface area contributed by atoms with Crippen LogP contribution in [-0.4, -0.2) is 42.8 Å². The Hall–Kier alpha value is -1.68. The third kappa shape index (κ3) is 3.67.